The Morgan fingerprint density at radius 3 is 2.72 bits per heavy atom. The van der Waals surface area contributed by atoms with E-state index in [2.05, 4.69) is 5.32 Å². The monoisotopic (exact) mass is 251 g/mol. The quantitative estimate of drug-likeness (QED) is 0.839. The van der Waals surface area contributed by atoms with Gasteiger partial charge in [-0.25, -0.2) is 9.18 Å². The summed E-state index contributed by atoms with van der Waals surface area (Å²) in [6, 6.07) is 4.22. The van der Waals surface area contributed by atoms with Crippen molar-refractivity contribution in [3.8, 4) is 0 Å². The second-order valence-corrected chi connectivity index (χ2v) is 4.04. The molecule has 0 fully saturated rings. The Bertz CT molecular complexity index is 703. The number of benzene rings is 1. The maximum absolute atomic E-state index is 13.7. The smallest absolute Gasteiger partial charge is 0.318 e. The minimum atomic E-state index is -0.565. The largest absolute Gasteiger partial charge is 0.331 e. The number of hydrogen-bond donors (Lipinski definition) is 1. The fourth-order valence-corrected chi connectivity index (χ4v) is 1.96. The summed E-state index contributed by atoms with van der Waals surface area (Å²) in [5.41, 5.74) is -0.913. The van der Waals surface area contributed by atoms with Gasteiger partial charge in [0.1, 0.15) is 5.82 Å². The van der Waals surface area contributed by atoms with Gasteiger partial charge >= 0.3 is 5.69 Å². The molecule has 2 aromatic rings. The SMILES string of the molecule is CNCCn1c(=O)c2cccc(F)c2n(C)c1=O. The van der Waals surface area contributed by atoms with Gasteiger partial charge in [0.15, 0.2) is 0 Å². The summed E-state index contributed by atoms with van der Waals surface area (Å²) in [4.78, 5) is 24.1. The molecule has 2 rings (SSSR count). The lowest BCUT2D eigenvalue weighted by molar-refractivity contribution is 0.570. The number of nitrogens with one attached hydrogen (secondary N) is 1. The number of hydrogen-bond acceptors (Lipinski definition) is 3. The van der Waals surface area contributed by atoms with Crippen LogP contribution in [0, 0.1) is 5.82 Å². The Hall–Kier alpha value is -1.95. The fourth-order valence-electron chi connectivity index (χ4n) is 1.96. The molecule has 1 aromatic heterocycles. The topological polar surface area (TPSA) is 56.0 Å². The summed E-state index contributed by atoms with van der Waals surface area (Å²) in [7, 11) is 3.19. The summed E-state index contributed by atoms with van der Waals surface area (Å²) in [5, 5.41) is 3.08. The number of nitrogens with zero attached hydrogens (tertiary/aromatic N) is 2. The summed E-state index contributed by atoms with van der Waals surface area (Å²) in [5.74, 6) is -0.565. The molecule has 1 N–H and O–H groups in total. The van der Waals surface area contributed by atoms with E-state index in [1.807, 2.05) is 0 Å². The average Bonchev–Trinajstić information content (AvgIpc) is 2.36. The Kier molecular flexibility index (Phi) is 3.29. The van der Waals surface area contributed by atoms with Crippen molar-refractivity contribution in [2.45, 2.75) is 6.54 Å². The lowest BCUT2D eigenvalue weighted by atomic mass is 10.2. The highest BCUT2D eigenvalue weighted by molar-refractivity contribution is 5.78. The molecule has 0 aliphatic rings. The summed E-state index contributed by atoms with van der Waals surface area (Å²) >= 11 is 0. The molecular weight excluding hydrogens is 237 g/mol. The fraction of sp³-hybridized carbons (Fsp3) is 0.333. The van der Waals surface area contributed by atoms with Crippen LogP contribution < -0.4 is 16.6 Å². The van der Waals surface area contributed by atoms with Crippen LogP contribution in [0.1, 0.15) is 0 Å². The van der Waals surface area contributed by atoms with Gasteiger partial charge in [-0.1, -0.05) is 6.07 Å². The van der Waals surface area contributed by atoms with Crippen molar-refractivity contribution in [2.24, 2.45) is 7.05 Å². The van der Waals surface area contributed by atoms with Gasteiger partial charge < -0.3 is 5.32 Å². The number of para-hydroxylation sites is 1. The molecule has 0 amide bonds. The second-order valence-electron chi connectivity index (χ2n) is 4.04. The minimum absolute atomic E-state index is 0.0493. The Labute approximate surface area is 102 Å². The predicted octanol–water partition coefficient (Wildman–Crippen LogP) is 0.0587. The normalized spacial score (nSPS) is 11.1. The molecule has 0 bridgehead atoms. The van der Waals surface area contributed by atoms with Gasteiger partial charge in [0.05, 0.1) is 10.9 Å². The van der Waals surface area contributed by atoms with E-state index in [9.17, 15) is 14.0 Å². The lowest BCUT2D eigenvalue weighted by Crippen LogP contribution is -2.41. The van der Waals surface area contributed by atoms with E-state index in [1.165, 1.54) is 29.8 Å². The third-order valence-electron chi connectivity index (χ3n) is 2.90. The highest BCUT2D eigenvalue weighted by Gasteiger charge is 2.13. The van der Waals surface area contributed by atoms with Crippen molar-refractivity contribution in [3.63, 3.8) is 0 Å². The first kappa shape index (κ1) is 12.5. The maximum Gasteiger partial charge on any atom is 0.331 e. The molecule has 1 aromatic carbocycles. The number of aromatic nitrogens is 2. The van der Waals surface area contributed by atoms with Crippen molar-refractivity contribution in [3.05, 3.63) is 44.9 Å². The Morgan fingerprint density at radius 1 is 1.33 bits per heavy atom. The summed E-state index contributed by atoms with van der Waals surface area (Å²) in [6.07, 6.45) is 0. The van der Waals surface area contributed by atoms with E-state index in [1.54, 1.807) is 7.05 Å². The zero-order valence-electron chi connectivity index (χ0n) is 10.2. The highest BCUT2D eigenvalue weighted by Crippen LogP contribution is 2.11. The number of aryl methyl sites for hydroxylation is 1. The van der Waals surface area contributed by atoms with Gasteiger partial charge in [-0.15, -0.1) is 0 Å². The number of fused-ring (bicyclic) bond motifs is 1. The third kappa shape index (κ3) is 1.84. The van der Waals surface area contributed by atoms with Crippen LogP contribution in [0.2, 0.25) is 0 Å². The van der Waals surface area contributed by atoms with Gasteiger partial charge in [0.25, 0.3) is 5.56 Å². The van der Waals surface area contributed by atoms with E-state index < -0.39 is 17.1 Å². The van der Waals surface area contributed by atoms with Crippen LogP contribution in [0.4, 0.5) is 4.39 Å². The van der Waals surface area contributed by atoms with Crippen LogP contribution >= 0.6 is 0 Å². The van der Waals surface area contributed by atoms with E-state index in [0.717, 1.165) is 4.57 Å². The highest BCUT2D eigenvalue weighted by atomic mass is 19.1. The lowest BCUT2D eigenvalue weighted by Gasteiger charge is -2.10. The van der Waals surface area contributed by atoms with E-state index in [4.69, 9.17) is 0 Å². The van der Waals surface area contributed by atoms with Crippen LogP contribution in [-0.4, -0.2) is 22.7 Å². The van der Waals surface area contributed by atoms with Gasteiger partial charge in [-0.05, 0) is 19.2 Å². The van der Waals surface area contributed by atoms with Crippen molar-refractivity contribution in [1.29, 1.82) is 0 Å². The molecule has 1 heterocycles. The number of halogens is 1. The zero-order valence-corrected chi connectivity index (χ0v) is 10.2. The first-order chi connectivity index (χ1) is 8.57. The van der Waals surface area contributed by atoms with Crippen LogP contribution in [0.3, 0.4) is 0 Å². The van der Waals surface area contributed by atoms with E-state index >= 15 is 0 Å². The second kappa shape index (κ2) is 4.73. The standard InChI is InChI=1S/C12H14FN3O2/c1-14-6-7-16-11(17)8-4-3-5-9(13)10(8)15(2)12(16)18/h3-5,14H,6-7H2,1-2H3. The molecule has 0 atom stereocenters. The molecule has 0 saturated heterocycles. The van der Waals surface area contributed by atoms with Crippen molar-refractivity contribution in [2.75, 3.05) is 13.6 Å². The first-order valence-electron chi connectivity index (χ1n) is 5.60. The Morgan fingerprint density at radius 2 is 2.06 bits per heavy atom. The van der Waals surface area contributed by atoms with E-state index in [-0.39, 0.29) is 17.4 Å². The Balaban J connectivity index is 2.84. The summed E-state index contributed by atoms with van der Waals surface area (Å²) in [6.45, 7) is 0.754. The zero-order chi connectivity index (χ0) is 13.3. The molecule has 18 heavy (non-hydrogen) atoms. The molecule has 0 spiro atoms. The van der Waals surface area contributed by atoms with Gasteiger partial charge in [-0.2, -0.15) is 0 Å². The molecule has 6 heteroatoms. The number of likely N-dealkylation sites (N-methyl/N-ethyl adjacent to an activating group) is 1. The first-order valence-corrected chi connectivity index (χ1v) is 5.60. The van der Waals surface area contributed by atoms with Gasteiger partial charge in [-0.3, -0.25) is 13.9 Å². The number of rotatable bonds is 3. The predicted molar refractivity (Wildman–Crippen MR) is 67.3 cm³/mol. The van der Waals surface area contributed by atoms with Gasteiger partial charge in [0.2, 0.25) is 0 Å². The van der Waals surface area contributed by atoms with Crippen LogP contribution in [0.5, 0.6) is 0 Å². The van der Waals surface area contributed by atoms with Gasteiger partial charge in [0, 0.05) is 20.1 Å². The molecule has 0 radical (unpaired) electrons. The molecule has 0 unspecified atom stereocenters. The van der Waals surface area contributed by atoms with Crippen LogP contribution in [-0.2, 0) is 13.6 Å². The molecule has 0 aliphatic heterocycles. The van der Waals surface area contributed by atoms with E-state index in [0.29, 0.717) is 6.54 Å². The third-order valence-corrected chi connectivity index (χ3v) is 2.90. The van der Waals surface area contributed by atoms with Crippen molar-refractivity contribution in [1.82, 2.24) is 14.5 Å². The van der Waals surface area contributed by atoms with Crippen LogP contribution in [0.25, 0.3) is 10.9 Å². The molecule has 0 aliphatic carbocycles. The van der Waals surface area contributed by atoms with Crippen molar-refractivity contribution < 1.29 is 4.39 Å². The minimum Gasteiger partial charge on any atom is -0.318 e. The van der Waals surface area contributed by atoms with Crippen LogP contribution in [0.15, 0.2) is 27.8 Å². The molecular formula is C12H14FN3O2. The van der Waals surface area contributed by atoms with Crippen molar-refractivity contribution >= 4 is 10.9 Å². The maximum atomic E-state index is 13.7. The average molecular weight is 251 g/mol. The molecule has 0 saturated carbocycles. The molecule has 5 nitrogen and oxygen atoms in total. The molecule has 96 valence electrons. The summed E-state index contributed by atoms with van der Waals surface area (Å²) < 4.78 is 15.9.